The molecule has 0 bridgehead atoms. The summed E-state index contributed by atoms with van der Waals surface area (Å²) in [7, 11) is 1.72. The fraction of sp³-hybridized carbons (Fsp3) is 0.556. The minimum absolute atomic E-state index is 0.149. The molecule has 0 radical (unpaired) electrons. The Labute approximate surface area is 124 Å². The van der Waals surface area contributed by atoms with Crippen LogP contribution in [0.4, 0.5) is 0 Å². The van der Waals surface area contributed by atoms with E-state index in [9.17, 15) is 0 Å². The molecule has 0 aromatic carbocycles. The molecule has 0 saturated heterocycles. The first-order chi connectivity index (χ1) is 9.63. The van der Waals surface area contributed by atoms with Gasteiger partial charge in [0.05, 0.1) is 19.3 Å². The summed E-state index contributed by atoms with van der Waals surface area (Å²) >= 11 is 0. The Hall–Kier alpha value is -1.12. The highest BCUT2D eigenvalue weighted by Crippen LogP contribution is 2.07. The first-order valence-corrected chi connectivity index (χ1v) is 7.29. The Balaban J connectivity index is 3.78. The van der Waals surface area contributed by atoms with Gasteiger partial charge < -0.3 is 9.47 Å². The summed E-state index contributed by atoms with van der Waals surface area (Å²) in [5, 5.41) is 0. The van der Waals surface area contributed by atoms with E-state index in [1.54, 1.807) is 7.11 Å². The summed E-state index contributed by atoms with van der Waals surface area (Å²) in [6.07, 6.45) is 12.4. The topological polar surface area (TPSA) is 18.5 Å². The number of allylic oxidation sites excluding steroid dienone is 3. The van der Waals surface area contributed by atoms with Crippen molar-refractivity contribution in [2.45, 2.75) is 45.6 Å². The van der Waals surface area contributed by atoms with E-state index in [2.05, 4.69) is 39.2 Å². The second-order valence-corrected chi connectivity index (χ2v) is 5.03. The predicted molar refractivity (Wildman–Crippen MR) is 88.0 cm³/mol. The van der Waals surface area contributed by atoms with Crippen molar-refractivity contribution in [3.8, 4) is 0 Å². The molecule has 0 heterocycles. The first-order valence-electron chi connectivity index (χ1n) is 7.29. The van der Waals surface area contributed by atoms with E-state index in [1.165, 1.54) is 11.1 Å². The van der Waals surface area contributed by atoms with Crippen LogP contribution in [0.2, 0.25) is 0 Å². The molecule has 0 N–H and O–H groups in total. The summed E-state index contributed by atoms with van der Waals surface area (Å²) in [5.41, 5.74) is 2.63. The second-order valence-electron chi connectivity index (χ2n) is 5.03. The summed E-state index contributed by atoms with van der Waals surface area (Å²) in [6.45, 7) is 13.1. The van der Waals surface area contributed by atoms with Crippen LogP contribution in [0.15, 0.2) is 48.6 Å². The Morgan fingerprint density at radius 3 is 2.45 bits per heavy atom. The summed E-state index contributed by atoms with van der Waals surface area (Å²) in [4.78, 5) is 0. The molecule has 1 unspecified atom stereocenters. The van der Waals surface area contributed by atoms with Crippen molar-refractivity contribution >= 4 is 0 Å². The minimum atomic E-state index is 0.149. The summed E-state index contributed by atoms with van der Waals surface area (Å²) < 4.78 is 10.9. The molecule has 0 aromatic heterocycles. The number of hydrogen-bond acceptors (Lipinski definition) is 2. The smallest absolute Gasteiger partial charge is 0.0752 e. The number of rotatable bonds is 12. The third kappa shape index (κ3) is 10.8. The normalized spacial score (nSPS) is 14.2. The molecule has 114 valence electrons. The van der Waals surface area contributed by atoms with Crippen LogP contribution >= 0.6 is 0 Å². The Morgan fingerprint density at radius 1 is 1.10 bits per heavy atom. The van der Waals surface area contributed by atoms with Crippen molar-refractivity contribution in [2.24, 2.45) is 0 Å². The van der Waals surface area contributed by atoms with Crippen LogP contribution in [-0.2, 0) is 9.47 Å². The molecule has 0 aliphatic rings. The van der Waals surface area contributed by atoms with E-state index in [4.69, 9.17) is 9.47 Å². The maximum absolute atomic E-state index is 5.63. The van der Waals surface area contributed by atoms with E-state index in [-0.39, 0.29) is 6.10 Å². The zero-order chi connectivity index (χ0) is 15.2. The Kier molecular flexibility index (Phi) is 12.2. The Morgan fingerprint density at radius 2 is 1.85 bits per heavy atom. The van der Waals surface area contributed by atoms with Crippen LogP contribution in [0.5, 0.6) is 0 Å². The van der Waals surface area contributed by atoms with Gasteiger partial charge in [0.25, 0.3) is 0 Å². The summed E-state index contributed by atoms with van der Waals surface area (Å²) in [5.74, 6) is 0. The maximum Gasteiger partial charge on any atom is 0.0752 e. The van der Waals surface area contributed by atoms with Crippen molar-refractivity contribution in [2.75, 3.05) is 20.3 Å². The standard InChI is InChI=1S/C18H30O2/c1-6-8-10-16(3)13-14-20-15-17(4)11-9-12-18(7-2)19-5/h6-7,11,13,18H,1-2,8-10,12,14-15H2,3-5H3/b16-13-,17-11-. The fourth-order valence-electron chi connectivity index (χ4n) is 1.74. The molecule has 2 heteroatoms. The molecular weight excluding hydrogens is 248 g/mol. The molecular formula is C18H30O2. The van der Waals surface area contributed by atoms with Crippen molar-refractivity contribution in [3.05, 3.63) is 48.6 Å². The predicted octanol–water partition coefficient (Wildman–Crippen LogP) is 4.84. The lowest BCUT2D eigenvalue weighted by atomic mass is 10.1. The largest absolute Gasteiger partial charge is 0.377 e. The quantitative estimate of drug-likeness (QED) is 0.375. The van der Waals surface area contributed by atoms with Gasteiger partial charge in [0, 0.05) is 7.11 Å². The van der Waals surface area contributed by atoms with E-state index >= 15 is 0 Å². The van der Waals surface area contributed by atoms with E-state index < -0.39 is 0 Å². The molecule has 20 heavy (non-hydrogen) atoms. The highest BCUT2D eigenvalue weighted by Gasteiger charge is 1.99. The molecule has 1 atom stereocenters. The molecule has 0 fully saturated rings. The van der Waals surface area contributed by atoms with Gasteiger partial charge in [-0.05, 0) is 39.5 Å². The number of hydrogen-bond donors (Lipinski definition) is 0. The van der Waals surface area contributed by atoms with Gasteiger partial charge in [0.1, 0.15) is 0 Å². The molecule has 0 spiro atoms. The average molecular weight is 278 g/mol. The van der Waals surface area contributed by atoms with Gasteiger partial charge in [0.2, 0.25) is 0 Å². The molecule has 0 amide bonds. The zero-order valence-electron chi connectivity index (χ0n) is 13.4. The van der Waals surface area contributed by atoms with Gasteiger partial charge in [-0.15, -0.1) is 13.2 Å². The van der Waals surface area contributed by atoms with Crippen LogP contribution in [0.3, 0.4) is 0 Å². The van der Waals surface area contributed by atoms with E-state index in [0.29, 0.717) is 13.2 Å². The minimum Gasteiger partial charge on any atom is -0.377 e. The highest BCUT2D eigenvalue weighted by atomic mass is 16.5. The molecule has 0 aliphatic heterocycles. The molecule has 0 saturated carbocycles. The summed E-state index contributed by atoms with van der Waals surface area (Å²) in [6, 6.07) is 0. The van der Waals surface area contributed by atoms with Crippen molar-refractivity contribution in [1.82, 2.24) is 0 Å². The Bertz CT molecular complexity index is 326. The third-order valence-corrected chi connectivity index (χ3v) is 3.13. The second kappa shape index (κ2) is 12.9. The highest BCUT2D eigenvalue weighted by molar-refractivity contribution is 5.01. The van der Waals surface area contributed by atoms with Crippen LogP contribution in [-0.4, -0.2) is 26.4 Å². The van der Waals surface area contributed by atoms with Crippen molar-refractivity contribution in [1.29, 1.82) is 0 Å². The van der Waals surface area contributed by atoms with Crippen molar-refractivity contribution in [3.63, 3.8) is 0 Å². The average Bonchev–Trinajstić information content (AvgIpc) is 2.46. The van der Waals surface area contributed by atoms with Crippen LogP contribution in [0.1, 0.15) is 39.5 Å². The number of ether oxygens (including phenoxy) is 2. The SMILES string of the molecule is C=CCC/C(C)=C\COC/C(C)=C\CCC(C=C)OC. The molecule has 0 aromatic rings. The van der Waals surface area contributed by atoms with Gasteiger partial charge in [-0.25, -0.2) is 0 Å². The molecule has 0 aliphatic carbocycles. The number of methoxy groups -OCH3 is 1. The fourth-order valence-corrected chi connectivity index (χ4v) is 1.74. The van der Waals surface area contributed by atoms with Crippen LogP contribution in [0.25, 0.3) is 0 Å². The van der Waals surface area contributed by atoms with Crippen molar-refractivity contribution < 1.29 is 9.47 Å². The lowest BCUT2D eigenvalue weighted by Crippen LogP contribution is -2.05. The maximum atomic E-state index is 5.63. The van der Waals surface area contributed by atoms with Crippen LogP contribution < -0.4 is 0 Å². The first kappa shape index (κ1) is 18.9. The van der Waals surface area contributed by atoms with Crippen LogP contribution in [0, 0.1) is 0 Å². The molecule has 2 nitrogen and oxygen atoms in total. The van der Waals surface area contributed by atoms with E-state index in [0.717, 1.165) is 25.7 Å². The molecule has 0 rings (SSSR count). The van der Waals surface area contributed by atoms with Gasteiger partial charge in [0.15, 0.2) is 0 Å². The van der Waals surface area contributed by atoms with Gasteiger partial charge in [-0.3, -0.25) is 0 Å². The van der Waals surface area contributed by atoms with Gasteiger partial charge in [-0.1, -0.05) is 35.5 Å². The zero-order valence-corrected chi connectivity index (χ0v) is 13.4. The van der Waals surface area contributed by atoms with Gasteiger partial charge in [-0.2, -0.15) is 0 Å². The monoisotopic (exact) mass is 278 g/mol. The third-order valence-electron chi connectivity index (χ3n) is 3.13. The van der Waals surface area contributed by atoms with E-state index in [1.807, 2.05) is 12.2 Å². The lowest BCUT2D eigenvalue weighted by molar-refractivity contribution is 0.134. The van der Waals surface area contributed by atoms with Gasteiger partial charge >= 0.3 is 0 Å². The lowest BCUT2D eigenvalue weighted by Gasteiger charge is -2.08.